The lowest BCUT2D eigenvalue weighted by molar-refractivity contribution is 0.0703. The second kappa shape index (κ2) is 4.38. The zero-order valence-electron chi connectivity index (χ0n) is 9.33. The molecule has 2 aromatic rings. The molecule has 0 spiro atoms. The smallest absolute Gasteiger partial charge is 0.348 e. The van der Waals surface area contributed by atoms with Crippen molar-refractivity contribution in [2.75, 3.05) is 5.73 Å². The number of benzene rings is 1. The van der Waals surface area contributed by atoms with E-state index in [1.807, 2.05) is 0 Å². The van der Waals surface area contributed by atoms with Crippen molar-refractivity contribution in [3.8, 4) is 10.4 Å². The minimum absolute atomic E-state index is 0.0247. The fourth-order valence-electron chi connectivity index (χ4n) is 1.61. The molecule has 3 nitrogen and oxygen atoms in total. The first-order valence-corrected chi connectivity index (χ1v) is 5.81. The summed E-state index contributed by atoms with van der Waals surface area (Å²) in [4.78, 5) is 11.2. The van der Waals surface area contributed by atoms with Gasteiger partial charge in [-0.2, -0.15) is 0 Å². The van der Waals surface area contributed by atoms with Gasteiger partial charge in [0, 0.05) is 10.4 Å². The number of hydrogen-bond acceptors (Lipinski definition) is 3. The van der Waals surface area contributed by atoms with Crippen molar-refractivity contribution in [3.05, 3.63) is 40.3 Å². The van der Waals surface area contributed by atoms with Crippen LogP contribution in [0.3, 0.4) is 0 Å². The summed E-state index contributed by atoms with van der Waals surface area (Å²) in [6.45, 7) is 1.58. The summed E-state index contributed by atoms with van der Waals surface area (Å²) >= 11 is 0.839. The van der Waals surface area contributed by atoms with Crippen LogP contribution in [0.4, 0.5) is 14.5 Å². The SMILES string of the molecule is Cc1c(-c2cc(F)ccc2F)sc(C(=O)O)c1N. The maximum atomic E-state index is 13.6. The van der Waals surface area contributed by atoms with Gasteiger partial charge in [-0.3, -0.25) is 0 Å². The Morgan fingerprint density at radius 1 is 1.39 bits per heavy atom. The van der Waals surface area contributed by atoms with E-state index in [-0.39, 0.29) is 16.1 Å². The van der Waals surface area contributed by atoms with E-state index in [1.165, 1.54) is 0 Å². The number of nitrogen functional groups attached to an aromatic ring is 1. The molecule has 0 aliphatic rings. The first-order valence-electron chi connectivity index (χ1n) is 4.99. The topological polar surface area (TPSA) is 63.3 Å². The molecule has 0 bridgehead atoms. The van der Waals surface area contributed by atoms with Crippen LogP contribution in [0.25, 0.3) is 10.4 Å². The highest BCUT2D eigenvalue weighted by Gasteiger charge is 2.20. The number of carboxylic acid groups (broad SMARTS) is 1. The molecule has 0 atom stereocenters. The molecular weight excluding hydrogens is 260 g/mol. The van der Waals surface area contributed by atoms with Crippen LogP contribution < -0.4 is 5.73 Å². The molecule has 18 heavy (non-hydrogen) atoms. The van der Waals surface area contributed by atoms with Crippen molar-refractivity contribution >= 4 is 23.0 Å². The maximum absolute atomic E-state index is 13.6. The zero-order chi connectivity index (χ0) is 13.4. The summed E-state index contributed by atoms with van der Waals surface area (Å²) in [5, 5.41) is 8.94. The van der Waals surface area contributed by atoms with Gasteiger partial charge in [-0.25, -0.2) is 13.6 Å². The van der Waals surface area contributed by atoms with E-state index in [1.54, 1.807) is 6.92 Å². The average Bonchev–Trinajstić information content (AvgIpc) is 2.60. The lowest BCUT2D eigenvalue weighted by atomic mass is 10.1. The van der Waals surface area contributed by atoms with Crippen molar-refractivity contribution in [1.82, 2.24) is 0 Å². The number of carboxylic acids is 1. The molecule has 0 aliphatic carbocycles. The minimum atomic E-state index is -1.18. The minimum Gasteiger partial charge on any atom is -0.477 e. The third kappa shape index (κ3) is 1.95. The summed E-state index contributed by atoms with van der Waals surface area (Å²) in [5.74, 6) is -2.38. The summed E-state index contributed by atoms with van der Waals surface area (Å²) in [7, 11) is 0. The fraction of sp³-hybridized carbons (Fsp3) is 0.0833. The molecule has 6 heteroatoms. The highest BCUT2D eigenvalue weighted by molar-refractivity contribution is 7.18. The molecular formula is C12H9F2NO2S. The highest BCUT2D eigenvalue weighted by atomic mass is 32.1. The van der Waals surface area contributed by atoms with E-state index in [0.717, 1.165) is 29.5 Å². The average molecular weight is 269 g/mol. The van der Waals surface area contributed by atoms with Crippen molar-refractivity contribution < 1.29 is 18.7 Å². The number of nitrogens with two attached hydrogens (primary N) is 1. The normalized spacial score (nSPS) is 10.6. The van der Waals surface area contributed by atoms with Gasteiger partial charge in [0.25, 0.3) is 0 Å². The predicted molar refractivity (Wildman–Crippen MR) is 65.8 cm³/mol. The van der Waals surface area contributed by atoms with Gasteiger partial charge in [0.05, 0.1) is 5.69 Å². The Kier molecular flexibility index (Phi) is 3.04. The van der Waals surface area contributed by atoms with Crippen LogP contribution in [0.5, 0.6) is 0 Å². The molecule has 0 radical (unpaired) electrons. The summed E-state index contributed by atoms with van der Waals surface area (Å²) in [6.07, 6.45) is 0. The molecule has 2 rings (SSSR count). The number of thiophene rings is 1. The molecule has 0 saturated carbocycles. The molecule has 1 heterocycles. The second-order valence-corrected chi connectivity index (χ2v) is 4.75. The monoisotopic (exact) mass is 269 g/mol. The first-order chi connectivity index (χ1) is 8.41. The summed E-state index contributed by atoms with van der Waals surface area (Å²) < 4.78 is 26.7. The Bertz CT molecular complexity index is 637. The number of carbonyl (C=O) groups is 1. The van der Waals surface area contributed by atoms with Crippen LogP contribution in [-0.4, -0.2) is 11.1 Å². The van der Waals surface area contributed by atoms with Gasteiger partial charge in [-0.05, 0) is 30.7 Å². The predicted octanol–water partition coefficient (Wildman–Crippen LogP) is 3.28. The molecule has 0 saturated heterocycles. The van der Waals surface area contributed by atoms with Crippen LogP contribution in [0.1, 0.15) is 15.2 Å². The third-order valence-electron chi connectivity index (χ3n) is 2.56. The van der Waals surface area contributed by atoms with Gasteiger partial charge in [-0.1, -0.05) is 0 Å². The fourth-order valence-corrected chi connectivity index (χ4v) is 2.70. The Morgan fingerprint density at radius 3 is 2.61 bits per heavy atom. The lowest BCUT2D eigenvalue weighted by Crippen LogP contribution is -1.97. The van der Waals surface area contributed by atoms with Crippen LogP contribution in [0.2, 0.25) is 0 Å². The van der Waals surface area contributed by atoms with Crippen LogP contribution in [0, 0.1) is 18.6 Å². The molecule has 1 aromatic heterocycles. The maximum Gasteiger partial charge on any atom is 0.348 e. The van der Waals surface area contributed by atoms with E-state index in [4.69, 9.17) is 10.8 Å². The number of halogens is 2. The Morgan fingerprint density at radius 2 is 2.06 bits per heavy atom. The zero-order valence-corrected chi connectivity index (χ0v) is 10.1. The van der Waals surface area contributed by atoms with Gasteiger partial charge in [0.15, 0.2) is 0 Å². The number of hydrogen-bond donors (Lipinski definition) is 2. The Hall–Kier alpha value is -1.95. The molecule has 0 unspecified atom stereocenters. The van der Waals surface area contributed by atoms with Gasteiger partial charge in [-0.15, -0.1) is 11.3 Å². The third-order valence-corrected chi connectivity index (χ3v) is 3.89. The van der Waals surface area contributed by atoms with E-state index in [0.29, 0.717) is 10.4 Å². The molecule has 1 aromatic carbocycles. The standard InChI is InChI=1S/C12H9F2NO2S/c1-5-9(15)11(12(16)17)18-10(5)7-4-6(13)2-3-8(7)14/h2-4H,15H2,1H3,(H,16,17). The number of aromatic carboxylic acids is 1. The second-order valence-electron chi connectivity index (χ2n) is 3.73. The lowest BCUT2D eigenvalue weighted by Gasteiger charge is -2.02. The van der Waals surface area contributed by atoms with Gasteiger partial charge in [0.2, 0.25) is 0 Å². The van der Waals surface area contributed by atoms with Crippen molar-refractivity contribution in [2.45, 2.75) is 6.92 Å². The van der Waals surface area contributed by atoms with E-state index >= 15 is 0 Å². The largest absolute Gasteiger partial charge is 0.477 e. The van der Waals surface area contributed by atoms with Crippen LogP contribution in [-0.2, 0) is 0 Å². The molecule has 3 N–H and O–H groups in total. The molecule has 0 fully saturated rings. The van der Waals surface area contributed by atoms with Crippen molar-refractivity contribution in [3.63, 3.8) is 0 Å². The first kappa shape index (κ1) is 12.5. The van der Waals surface area contributed by atoms with Crippen molar-refractivity contribution in [1.29, 1.82) is 0 Å². The quantitative estimate of drug-likeness (QED) is 0.879. The van der Waals surface area contributed by atoms with Gasteiger partial charge >= 0.3 is 5.97 Å². The number of rotatable bonds is 2. The molecule has 0 aliphatic heterocycles. The van der Waals surface area contributed by atoms with Crippen LogP contribution >= 0.6 is 11.3 Å². The van der Waals surface area contributed by atoms with E-state index in [2.05, 4.69) is 0 Å². The van der Waals surface area contributed by atoms with Gasteiger partial charge < -0.3 is 10.8 Å². The van der Waals surface area contributed by atoms with Crippen LogP contribution in [0.15, 0.2) is 18.2 Å². The van der Waals surface area contributed by atoms with Gasteiger partial charge in [0.1, 0.15) is 16.5 Å². The highest BCUT2D eigenvalue weighted by Crippen LogP contribution is 2.39. The molecule has 94 valence electrons. The Balaban J connectivity index is 2.68. The summed E-state index contributed by atoms with van der Waals surface area (Å²) in [6, 6.07) is 3.03. The van der Waals surface area contributed by atoms with E-state index in [9.17, 15) is 13.6 Å². The summed E-state index contributed by atoms with van der Waals surface area (Å²) in [5.41, 5.74) is 6.20. The Labute approximate surface area is 105 Å². The molecule has 0 amide bonds. The van der Waals surface area contributed by atoms with E-state index < -0.39 is 17.6 Å². The number of anilines is 1. The van der Waals surface area contributed by atoms with Crippen molar-refractivity contribution in [2.24, 2.45) is 0 Å².